The normalized spacial score (nSPS) is 14.9. The van der Waals surface area contributed by atoms with Crippen molar-refractivity contribution < 1.29 is 8.78 Å². The van der Waals surface area contributed by atoms with Crippen molar-refractivity contribution in [3.8, 4) is 0 Å². The highest BCUT2D eigenvalue weighted by Crippen LogP contribution is 2.25. The Hall–Kier alpha value is -1.62. The molecule has 160 valence electrons. The van der Waals surface area contributed by atoms with Gasteiger partial charge in [-0.25, -0.2) is 9.98 Å². The summed E-state index contributed by atoms with van der Waals surface area (Å²) in [4.78, 5) is 13.0. The topological polar surface area (TPSA) is 48.7 Å². The fourth-order valence-electron chi connectivity index (χ4n) is 3.30. The van der Waals surface area contributed by atoms with Gasteiger partial charge in [0.25, 0.3) is 0 Å². The van der Waals surface area contributed by atoms with Gasteiger partial charge >= 0.3 is 6.55 Å². The number of rotatable bonds is 5. The largest absolute Gasteiger partial charge is 0.368 e. The third-order valence-corrected chi connectivity index (χ3v) is 4.99. The predicted molar refractivity (Wildman–Crippen MR) is 124 cm³/mol. The molecule has 2 heterocycles. The second-order valence-electron chi connectivity index (χ2n) is 6.60. The van der Waals surface area contributed by atoms with Crippen LogP contribution in [0.5, 0.6) is 0 Å². The quantitative estimate of drug-likeness (QED) is 0.353. The Morgan fingerprint density at radius 1 is 1.28 bits per heavy atom. The van der Waals surface area contributed by atoms with Gasteiger partial charge in [0.2, 0.25) is 0 Å². The first-order valence-electron chi connectivity index (χ1n) is 9.33. The lowest BCUT2D eigenvalue weighted by Gasteiger charge is -2.38. The lowest BCUT2D eigenvalue weighted by Crippen LogP contribution is -2.52. The maximum atomic E-state index is 13.0. The Labute approximate surface area is 192 Å². The summed E-state index contributed by atoms with van der Waals surface area (Å²) in [5.74, 6) is 0.965. The summed E-state index contributed by atoms with van der Waals surface area (Å²) in [5, 5.41) is 3.98. The third kappa shape index (κ3) is 5.94. The number of benzene rings is 1. The van der Waals surface area contributed by atoms with E-state index in [0.717, 1.165) is 41.5 Å². The number of guanidine groups is 1. The van der Waals surface area contributed by atoms with Crippen LogP contribution < -0.4 is 10.2 Å². The van der Waals surface area contributed by atoms with Gasteiger partial charge in [-0.2, -0.15) is 8.78 Å². The monoisotopic (exact) mass is 538 g/mol. The van der Waals surface area contributed by atoms with Crippen molar-refractivity contribution in [1.82, 2.24) is 19.8 Å². The highest BCUT2D eigenvalue weighted by atomic mass is 127. The van der Waals surface area contributed by atoms with Gasteiger partial charge in [0, 0.05) is 55.8 Å². The fraction of sp³-hybridized carbons (Fsp3) is 0.474. The molecule has 0 unspecified atom stereocenters. The van der Waals surface area contributed by atoms with E-state index in [-0.39, 0.29) is 36.3 Å². The minimum Gasteiger partial charge on any atom is -0.368 e. The number of hydrogen-bond acceptors (Lipinski definition) is 3. The van der Waals surface area contributed by atoms with Gasteiger partial charge in [-0.15, -0.1) is 24.0 Å². The molecule has 1 N–H and O–H groups in total. The standard InChI is InChI=1S/C19H25ClF2N6.HI/c1-3-23-19(25-13-17-24-6-7-28(17)18(21)22)27-10-8-26(9-11-27)16-12-15(20)5-4-14(16)2;/h4-7,12,18H,3,8-11,13H2,1-2H3,(H,23,25);1H. The van der Waals surface area contributed by atoms with Crippen LogP contribution in [-0.4, -0.2) is 53.1 Å². The van der Waals surface area contributed by atoms with Gasteiger partial charge in [-0.1, -0.05) is 17.7 Å². The molecule has 0 spiro atoms. The van der Waals surface area contributed by atoms with E-state index in [0.29, 0.717) is 12.5 Å². The molecule has 1 fully saturated rings. The first-order valence-corrected chi connectivity index (χ1v) is 9.71. The summed E-state index contributed by atoms with van der Waals surface area (Å²) in [6, 6.07) is 5.92. The van der Waals surface area contributed by atoms with Crippen LogP contribution in [0.3, 0.4) is 0 Å². The molecule has 10 heteroatoms. The number of nitrogens with zero attached hydrogens (tertiary/aromatic N) is 5. The lowest BCUT2D eigenvalue weighted by molar-refractivity contribution is 0.0671. The van der Waals surface area contributed by atoms with Crippen LogP contribution in [-0.2, 0) is 6.54 Å². The summed E-state index contributed by atoms with van der Waals surface area (Å²) in [6.45, 7) is 5.48. The number of aromatic nitrogens is 2. The maximum Gasteiger partial charge on any atom is 0.319 e. The molecule has 1 aromatic carbocycles. The van der Waals surface area contributed by atoms with Crippen LogP contribution in [0, 0.1) is 6.92 Å². The van der Waals surface area contributed by atoms with Crippen molar-refractivity contribution >= 4 is 47.2 Å². The number of hydrogen-bond donors (Lipinski definition) is 1. The molecule has 0 amide bonds. The number of piperazine rings is 1. The predicted octanol–water partition coefficient (Wildman–Crippen LogP) is 4.15. The molecule has 1 saturated heterocycles. The molecule has 0 radical (unpaired) electrons. The highest BCUT2D eigenvalue weighted by molar-refractivity contribution is 14.0. The van der Waals surface area contributed by atoms with Gasteiger partial charge in [0.05, 0.1) is 0 Å². The number of imidazole rings is 1. The van der Waals surface area contributed by atoms with Crippen LogP contribution in [0.2, 0.25) is 5.02 Å². The number of alkyl halides is 2. The number of halogens is 4. The van der Waals surface area contributed by atoms with Crippen LogP contribution in [0.25, 0.3) is 0 Å². The second kappa shape index (κ2) is 11.0. The van der Waals surface area contributed by atoms with Crippen molar-refractivity contribution in [2.45, 2.75) is 26.9 Å². The van der Waals surface area contributed by atoms with Gasteiger partial charge < -0.3 is 15.1 Å². The summed E-state index contributed by atoms with van der Waals surface area (Å²) in [7, 11) is 0. The Balaban J connectivity index is 0.00000300. The average molecular weight is 539 g/mol. The molecule has 1 aliphatic heterocycles. The fourth-order valence-corrected chi connectivity index (χ4v) is 3.46. The van der Waals surface area contributed by atoms with Gasteiger partial charge in [-0.3, -0.25) is 4.57 Å². The molecule has 6 nitrogen and oxygen atoms in total. The summed E-state index contributed by atoms with van der Waals surface area (Å²) >= 11 is 6.15. The van der Waals surface area contributed by atoms with Crippen molar-refractivity contribution in [1.29, 1.82) is 0 Å². The van der Waals surface area contributed by atoms with Crippen molar-refractivity contribution in [3.63, 3.8) is 0 Å². The van der Waals surface area contributed by atoms with Crippen LogP contribution >= 0.6 is 35.6 Å². The molecule has 1 aliphatic rings. The van der Waals surface area contributed by atoms with Crippen LogP contribution in [0.1, 0.15) is 24.9 Å². The van der Waals surface area contributed by atoms with Gasteiger partial charge in [-0.05, 0) is 31.5 Å². The highest BCUT2D eigenvalue weighted by Gasteiger charge is 2.21. The molecule has 0 aliphatic carbocycles. The molecule has 29 heavy (non-hydrogen) atoms. The number of nitrogens with one attached hydrogen (secondary N) is 1. The zero-order chi connectivity index (χ0) is 20.1. The smallest absolute Gasteiger partial charge is 0.319 e. The molecular formula is C19H26ClF2IN6. The summed E-state index contributed by atoms with van der Waals surface area (Å²) in [6.07, 6.45) is 2.64. The minimum absolute atomic E-state index is 0. The Morgan fingerprint density at radius 3 is 2.66 bits per heavy atom. The first-order chi connectivity index (χ1) is 13.5. The van der Waals surface area contributed by atoms with E-state index < -0.39 is 6.55 Å². The van der Waals surface area contributed by atoms with Crippen molar-refractivity contribution in [2.75, 3.05) is 37.6 Å². The van der Waals surface area contributed by atoms with Gasteiger partial charge in [0.1, 0.15) is 12.4 Å². The van der Waals surface area contributed by atoms with Crippen LogP contribution in [0.15, 0.2) is 35.6 Å². The maximum absolute atomic E-state index is 13.0. The molecule has 2 aromatic rings. The Kier molecular flexibility index (Phi) is 8.94. The SMILES string of the molecule is CCNC(=NCc1nccn1C(F)F)N1CCN(c2cc(Cl)ccc2C)CC1.I. The molecule has 1 aromatic heterocycles. The molecule has 3 rings (SSSR count). The van der Waals surface area contributed by atoms with E-state index in [1.54, 1.807) is 0 Å². The third-order valence-electron chi connectivity index (χ3n) is 4.76. The number of aliphatic imine (C=N–C) groups is 1. The van der Waals surface area contributed by atoms with E-state index >= 15 is 0 Å². The lowest BCUT2D eigenvalue weighted by atomic mass is 10.1. The first kappa shape index (κ1) is 23.7. The van der Waals surface area contributed by atoms with Crippen molar-refractivity contribution in [2.24, 2.45) is 4.99 Å². The van der Waals surface area contributed by atoms with E-state index in [2.05, 4.69) is 32.0 Å². The second-order valence-corrected chi connectivity index (χ2v) is 7.04. The van der Waals surface area contributed by atoms with E-state index in [9.17, 15) is 8.78 Å². The van der Waals surface area contributed by atoms with Crippen molar-refractivity contribution in [3.05, 3.63) is 47.0 Å². The Bertz CT molecular complexity index is 821. The average Bonchev–Trinajstić information content (AvgIpc) is 3.16. The molecule has 0 bridgehead atoms. The summed E-state index contributed by atoms with van der Waals surface area (Å²) < 4.78 is 26.8. The van der Waals surface area contributed by atoms with E-state index in [1.807, 2.05) is 25.1 Å². The van der Waals surface area contributed by atoms with E-state index in [1.165, 1.54) is 18.0 Å². The van der Waals surface area contributed by atoms with Gasteiger partial charge in [0.15, 0.2) is 5.96 Å². The van der Waals surface area contributed by atoms with E-state index in [4.69, 9.17) is 11.6 Å². The Morgan fingerprint density at radius 2 is 2.00 bits per heavy atom. The number of aryl methyl sites for hydroxylation is 1. The number of anilines is 1. The zero-order valence-corrected chi connectivity index (χ0v) is 19.6. The minimum atomic E-state index is -2.61. The van der Waals surface area contributed by atoms with Crippen LogP contribution in [0.4, 0.5) is 14.5 Å². The molecular weight excluding hydrogens is 513 g/mol. The summed E-state index contributed by atoms with van der Waals surface area (Å²) in [5.41, 5.74) is 2.34. The molecule has 0 atom stereocenters. The zero-order valence-electron chi connectivity index (χ0n) is 16.5. The molecule has 0 saturated carbocycles.